The Morgan fingerprint density at radius 2 is 1.89 bits per heavy atom. The molecule has 1 unspecified atom stereocenters. The Morgan fingerprint density at radius 1 is 1.14 bits per heavy atom. The van der Waals surface area contributed by atoms with E-state index in [4.69, 9.17) is 9.15 Å². The minimum Gasteiger partial charge on any atom is -0.497 e. The lowest BCUT2D eigenvalue weighted by Gasteiger charge is -2.12. The number of aliphatic hydroxyl groups is 1. The highest BCUT2D eigenvalue weighted by Gasteiger charge is 2.11. The standard InChI is InChI=1S/C21H23N3O4/c1-27-17-12-10-15(11-13-17)18(25)14-22-19(26)8-5-9-20-23-24-21(28-20)16-6-3-2-4-7-16/h2-4,6-7,10-13,18,25H,5,8-9,14H2,1H3,(H,22,26). The Morgan fingerprint density at radius 3 is 2.61 bits per heavy atom. The summed E-state index contributed by atoms with van der Waals surface area (Å²) in [6, 6.07) is 16.6. The molecule has 0 aliphatic carbocycles. The van der Waals surface area contributed by atoms with Crippen LogP contribution in [-0.2, 0) is 11.2 Å². The van der Waals surface area contributed by atoms with Crippen LogP contribution >= 0.6 is 0 Å². The Labute approximate surface area is 163 Å². The largest absolute Gasteiger partial charge is 0.497 e. The second kappa shape index (κ2) is 9.66. The van der Waals surface area contributed by atoms with Crippen LogP contribution in [0.3, 0.4) is 0 Å². The summed E-state index contributed by atoms with van der Waals surface area (Å²) in [7, 11) is 1.59. The van der Waals surface area contributed by atoms with Crippen LogP contribution in [0, 0.1) is 0 Å². The van der Waals surface area contributed by atoms with Gasteiger partial charge in [-0.2, -0.15) is 0 Å². The van der Waals surface area contributed by atoms with Crippen molar-refractivity contribution < 1.29 is 19.1 Å². The number of rotatable bonds is 9. The zero-order chi connectivity index (χ0) is 19.8. The molecular formula is C21H23N3O4. The lowest BCUT2D eigenvalue weighted by atomic mass is 10.1. The number of benzene rings is 2. The maximum absolute atomic E-state index is 12.0. The van der Waals surface area contributed by atoms with E-state index >= 15 is 0 Å². The van der Waals surface area contributed by atoms with Gasteiger partial charge < -0.3 is 19.6 Å². The highest BCUT2D eigenvalue weighted by Crippen LogP contribution is 2.18. The van der Waals surface area contributed by atoms with Gasteiger partial charge in [-0.1, -0.05) is 30.3 Å². The number of aromatic nitrogens is 2. The molecule has 1 heterocycles. The molecule has 0 aliphatic rings. The van der Waals surface area contributed by atoms with E-state index in [2.05, 4.69) is 15.5 Å². The number of amides is 1. The van der Waals surface area contributed by atoms with Crippen molar-refractivity contribution in [2.45, 2.75) is 25.4 Å². The molecule has 28 heavy (non-hydrogen) atoms. The predicted octanol–water partition coefficient (Wildman–Crippen LogP) is 2.92. The van der Waals surface area contributed by atoms with Gasteiger partial charge in [0.15, 0.2) is 0 Å². The van der Waals surface area contributed by atoms with E-state index in [1.54, 1.807) is 31.4 Å². The predicted molar refractivity (Wildman–Crippen MR) is 104 cm³/mol. The number of carbonyl (C=O) groups excluding carboxylic acids is 1. The molecule has 146 valence electrons. The molecule has 1 aromatic heterocycles. The van der Waals surface area contributed by atoms with Gasteiger partial charge in [-0.05, 0) is 36.2 Å². The van der Waals surface area contributed by atoms with Crippen LogP contribution in [0.2, 0.25) is 0 Å². The van der Waals surface area contributed by atoms with Crippen LogP contribution in [-0.4, -0.2) is 34.9 Å². The minimum absolute atomic E-state index is 0.129. The average molecular weight is 381 g/mol. The zero-order valence-electron chi connectivity index (χ0n) is 15.7. The van der Waals surface area contributed by atoms with Crippen LogP contribution in [0.25, 0.3) is 11.5 Å². The third-order valence-corrected chi connectivity index (χ3v) is 4.28. The average Bonchev–Trinajstić information content (AvgIpc) is 3.21. The van der Waals surface area contributed by atoms with Crippen LogP contribution in [0.1, 0.15) is 30.4 Å². The fraction of sp³-hybridized carbons (Fsp3) is 0.286. The number of aliphatic hydroxyl groups excluding tert-OH is 1. The second-order valence-corrected chi connectivity index (χ2v) is 6.31. The lowest BCUT2D eigenvalue weighted by Crippen LogP contribution is -2.28. The van der Waals surface area contributed by atoms with Crippen LogP contribution in [0.15, 0.2) is 59.0 Å². The Hall–Kier alpha value is -3.19. The van der Waals surface area contributed by atoms with Crippen LogP contribution < -0.4 is 10.1 Å². The highest BCUT2D eigenvalue weighted by molar-refractivity contribution is 5.75. The van der Waals surface area contributed by atoms with E-state index in [-0.39, 0.29) is 12.5 Å². The number of ether oxygens (including phenoxy) is 1. The van der Waals surface area contributed by atoms with Gasteiger partial charge >= 0.3 is 0 Å². The smallest absolute Gasteiger partial charge is 0.247 e. The summed E-state index contributed by atoms with van der Waals surface area (Å²) < 4.78 is 10.7. The summed E-state index contributed by atoms with van der Waals surface area (Å²) in [5.74, 6) is 1.57. The topological polar surface area (TPSA) is 97.5 Å². The Bertz CT molecular complexity index is 878. The molecule has 7 heteroatoms. The van der Waals surface area contributed by atoms with E-state index in [9.17, 15) is 9.90 Å². The minimum atomic E-state index is -0.765. The molecule has 0 saturated heterocycles. The molecule has 2 aromatic carbocycles. The molecule has 0 spiro atoms. The first-order valence-corrected chi connectivity index (χ1v) is 9.12. The molecule has 7 nitrogen and oxygen atoms in total. The van der Waals surface area contributed by atoms with Crippen LogP contribution in [0.4, 0.5) is 0 Å². The van der Waals surface area contributed by atoms with Crippen molar-refractivity contribution in [1.82, 2.24) is 15.5 Å². The summed E-state index contributed by atoms with van der Waals surface area (Å²) in [6.07, 6.45) is 0.660. The van der Waals surface area contributed by atoms with Gasteiger partial charge in [0.25, 0.3) is 0 Å². The maximum atomic E-state index is 12.0. The number of aryl methyl sites for hydroxylation is 1. The summed E-state index contributed by atoms with van der Waals surface area (Å²) in [6.45, 7) is 0.157. The zero-order valence-corrected chi connectivity index (χ0v) is 15.7. The van der Waals surface area contributed by atoms with Crippen molar-refractivity contribution in [3.05, 3.63) is 66.1 Å². The van der Waals surface area contributed by atoms with E-state index in [0.29, 0.717) is 31.0 Å². The monoisotopic (exact) mass is 381 g/mol. The van der Waals surface area contributed by atoms with Crippen molar-refractivity contribution >= 4 is 5.91 Å². The molecule has 2 N–H and O–H groups in total. The molecule has 0 aliphatic heterocycles. The number of carbonyl (C=O) groups is 1. The summed E-state index contributed by atoms with van der Waals surface area (Å²) in [5, 5.41) is 20.9. The SMILES string of the molecule is COc1ccc(C(O)CNC(=O)CCCc2nnc(-c3ccccc3)o2)cc1. The van der Waals surface area contributed by atoms with Gasteiger partial charge in [-0.15, -0.1) is 10.2 Å². The van der Waals surface area contributed by atoms with Crippen molar-refractivity contribution in [2.75, 3.05) is 13.7 Å². The first-order chi connectivity index (χ1) is 13.7. The van der Waals surface area contributed by atoms with Gasteiger partial charge in [-0.25, -0.2) is 0 Å². The maximum Gasteiger partial charge on any atom is 0.247 e. The van der Waals surface area contributed by atoms with E-state index < -0.39 is 6.10 Å². The Balaban J connectivity index is 1.39. The third kappa shape index (κ3) is 5.40. The lowest BCUT2D eigenvalue weighted by molar-refractivity contribution is -0.121. The van der Waals surface area contributed by atoms with Crippen molar-refractivity contribution in [1.29, 1.82) is 0 Å². The Kier molecular flexibility index (Phi) is 6.75. The van der Waals surface area contributed by atoms with Crippen molar-refractivity contribution in [3.8, 4) is 17.2 Å². The summed E-state index contributed by atoms with van der Waals surface area (Å²) >= 11 is 0. The van der Waals surface area contributed by atoms with E-state index in [1.807, 2.05) is 30.3 Å². The summed E-state index contributed by atoms with van der Waals surface area (Å²) in [5.41, 5.74) is 1.59. The van der Waals surface area contributed by atoms with E-state index in [1.165, 1.54) is 0 Å². The molecule has 0 saturated carbocycles. The summed E-state index contributed by atoms with van der Waals surface area (Å²) in [4.78, 5) is 12.0. The highest BCUT2D eigenvalue weighted by atomic mass is 16.5. The normalized spacial score (nSPS) is 11.8. The first-order valence-electron chi connectivity index (χ1n) is 9.12. The third-order valence-electron chi connectivity index (χ3n) is 4.28. The quantitative estimate of drug-likeness (QED) is 0.591. The molecule has 1 atom stereocenters. The first kappa shape index (κ1) is 19.6. The second-order valence-electron chi connectivity index (χ2n) is 6.31. The molecule has 3 aromatic rings. The number of hydrogen-bond acceptors (Lipinski definition) is 6. The molecule has 3 rings (SSSR count). The van der Waals surface area contributed by atoms with Gasteiger partial charge in [0, 0.05) is 24.9 Å². The van der Waals surface area contributed by atoms with Crippen molar-refractivity contribution in [2.24, 2.45) is 0 Å². The number of nitrogens with zero attached hydrogens (tertiary/aromatic N) is 2. The molecule has 0 bridgehead atoms. The number of methoxy groups -OCH3 is 1. The van der Waals surface area contributed by atoms with Gasteiger partial charge in [0.1, 0.15) is 5.75 Å². The fourth-order valence-electron chi connectivity index (χ4n) is 2.70. The van der Waals surface area contributed by atoms with Gasteiger partial charge in [-0.3, -0.25) is 4.79 Å². The molecular weight excluding hydrogens is 358 g/mol. The van der Waals surface area contributed by atoms with Gasteiger partial charge in [0.2, 0.25) is 17.7 Å². The molecule has 0 fully saturated rings. The van der Waals surface area contributed by atoms with Crippen molar-refractivity contribution in [3.63, 3.8) is 0 Å². The van der Waals surface area contributed by atoms with E-state index in [0.717, 1.165) is 16.9 Å². The molecule has 1 amide bonds. The van der Waals surface area contributed by atoms with Gasteiger partial charge in [0.05, 0.1) is 13.2 Å². The molecule has 0 radical (unpaired) electrons. The fourth-order valence-corrected chi connectivity index (χ4v) is 2.70. The van der Waals surface area contributed by atoms with Crippen LogP contribution in [0.5, 0.6) is 5.75 Å². The number of hydrogen-bond donors (Lipinski definition) is 2. The number of nitrogens with one attached hydrogen (secondary N) is 1.